The van der Waals surface area contributed by atoms with E-state index in [9.17, 15) is 4.79 Å². The number of benzene rings is 1. The fourth-order valence-corrected chi connectivity index (χ4v) is 3.38. The third-order valence-electron chi connectivity index (χ3n) is 3.36. The molecule has 98 valence electrons. The molecule has 0 unspecified atom stereocenters. The second kappa shape index (κ2) is 6.20. The first-order chi connectivity index (χ1) is 8.58. The molecule has 0 saturated heterocycles. The van der Waals surface area contributed by atoms with Crippen molar-refractivity contribution < 1.29 is 4.79 Å². The molecule has 1 amide bonds. The van der Waals surface area contributed by atoms with Crippen LogP contribution in [0.3, 0.4) is 0 Å². The van der Waals surface area contributed by atoms with Gasteiger partial charge < -0.3 is 5.32 Å². The molecule has 1 fully saturated rings. The van der Waals surface area contributed by atoms with E-state index in [2.05, 4.69) is 37.2 Å². The Labute approximate surface area is 125 Å². The second-order valence-corrected chi connectivity index (χ2v) is 6.56. The van der Waals surface area contributed by atoms with Gasteiger partial charge in [0.05, 0.1) is 5.56 Å². The maximum Gasteiger partial charge on any atom is 0.252 e. The summed E-state index contributed by atoms with van der Waals surface area (Å²) in [5, 5.41) is 3.14. The fraction of sp³-hybridized carbons (Fsp3) is 0.500. The van der Waals surface area contributed by atoms with E-state index in [1.807, 2.05) is 19.1 Å². The van der Waals surface area contributed by atoms with Gasteiger partial charge in [0, 0.05) is 15.0 Å². The standard InChI is InChI=1S/C14H17Br2NO/c1-9-7-11(13(16)12(15)8-9)14(18)17-10-5-3-2-4-6-10/h7-8,10H,2-6H2,1H3,(H,17,18). The number of carbonyl (C=O) groups is 1. The largest absolute Gasteiger partial charge is 0.349 e. The van der Waals surface area contributed by atoms with E-state index in [4.69, 9.17) is 0 Å². The van der Waals surface area contributed by atoms with Gasteiger partial charge in [-0.1, -0.05) is 19.3 Å². The number of amides is 1. The maximum absolute atomic E-state index is 12.3. The molecule has 4 heteroatoms. The Morgan fingerprint density at radius 3 is 2.56 bits per heavy atom. The lowest BCUT2D eigenvalue weighted by Gasteiger charge is -2.23. The van der Waals surface area contributed by atoms with Gasteiger partial charge in [-0.3, -0.25) is 4.79 Å². The minimum Gasteiger partial charge on any atom is -0.349 e. The first-order valence-electron chi connectivity index (χ1n) is 6.34. The maximum atomic E-state index is 12.3. The number of rotatable bonds is 2. The van der Waals surface area contributed by atoms with Gasteiger partial charge >= 0.3 is 0 Å². The average molecular weight is 375 g/mol. The number of aryl methyl sites for hydroxylation is 1. The van der Waals surface area contributed by atoms with Crippen molar-refractivity contribution in [1.82, 2.24) is 5.32 Å². The smallest absolute Gasteiger partial charge is 0.252 e. The molecule has 1 aromatic rings. The Hall–Kier alpha value is -0.350. The molecule has 1 aliphatic carbocycles. The number of halogens is 2. The van der Waals surface area contributed by atoms with Crippen LogP contribution in [-0.4, -0.2) is 11.9 Å². The van der Waals surface area contributed by atoms with Crippen molar-refractivity contribution >= 4 is 37.8 Å². The van der Waals surface area contributed by atoms with Crippen molar-refractivity contribution in [2.75, 3.05) is 0 Å². The minimum atomic E-state index is 0.0261. The second-order valence-electron chi connectivity index (χ2n) is 4.92. The number of nitrogens with one attached hydrogen (secondary N) is 1. The fourth-order valence-electron chi connectivity index (χ4n) is 2.40. The third kappa shape index (κ3) is 3.35. The van der Waals surface area contributed by atoms with Crippen molar-refractivity contribution in [3.8, 4) is 0 Å². The zero-order chi connectivity index (χ0) is 13.1. The topological polar surface area (TPSA) is 29.1 Å². The summed E-state index contributed by atoms with van der Waals surface area (Å²) in [6.07, 6.45) is 5.96. The van der Waals surface area contributed by atoms with Gasteiger partial charge in [0.25, 0.3) is 5.91 Å². The zero-order valence-electron chi connectivity index (χ0n) is 10.4. The normalized spacial score (nSPS) is 16.6. The highest BCUT2D eigenvalue weighted by Gasteiger charge is 2.19. The number of hydrogen-bond donors (Lipinski definition) is 1. The SMILES string of the molecule is Cc1cc(Br)c(Br)c(C(=O)NC2CCCCC2)c1. The Kier molecular flexibility index (Phi) is 4.84. The van der Waals surface area contributed by atoms with Crippen molar-refractivity contribution in [1.29, 1.82) is 0 Å². The predicted octanol–water partition coefficient (Wildman–Crippen LogP) is 4.58. The lowest BCUT2D eigenvalue weighted by atomic mass is 9.95. The molecule has 0 spiro atoms. The van der Waals surface area contributed by atoms with Crippen LogP contribution < -0.4 is 5.32 Å². The molecule has 0 radical (unpaired) electrons. The van der Waals surface area contributed by atoms with E-state index in [1.54, 1.807) is 0 Å². The van der Waals surface area contributed by atoms with Gasteiger partial charge in [-0.05, 0) is 69.3 Å². The van der Waals surface area contributed by atoms with E-state index in [-0.39, 0.29) is 5.91 Å². The van der Waals surface area contributed by atoms with Gasteiger partial charge in [0.2, 0.25) is 0 Å². The van der Waals surface area contributed by atoms with Crippen LogP contribution in [0.15, 0.2) is 21.1 Å². The first-order valence-corrected chi connectivity index (χ1v) is 7.93. The van der Waals surface area contributed by atoms with Crippen molar-refractivity contribution in [3.63, 3.8) is 0 Å². The average Bonchev–Trinajstić information content (AvgIpc) is 2.35. The molecule has 2 nitrogen and oxygen atoms in total. The van der Waals surface area contributed by atoms with Gasteiger partial charge in [-0.15, -0.1) is 0 Å². The van der Waals surface area contributed by atoms with E-state index >= 15 is 0 Å². The van der Waals surface area contributed by atoms with Gasteiger partial charge in [-0.2, -0.15) is 0 Å². The molecule has 0 atom stereocenters. The molecule has 1 saturated carbocycles. The molecule has 1 aliphatic rings. The quantitative estimate of drug-likeness (QED) is 0.806. The van der Waals surface area contributed by atoms with Crippen molar-refractivity contribution in [2.45, 2.75) is 45.1 Å². The summed E-state index contributed by atoms with van der Waals surface area (Å²) in [6, 6.07) is 4.27. The van der Waals surface area contributed by atoms with E-state index < -0.39 is 0 Å². The number of hydrogen-bond acceptors (Lipinski definition) is 1. The Morgan fingerprint density at radius 1 is 1.22 bits per heavy atom. The lowest BCUT2D eigenvalue weighted by molar-refractivity contribution is 0.0927. The van der Waals surface area contributed by atoms with Crippen LogP contribution in [0.5, 0.6) is 0 Å². The Morgan fingerprint density at radius 2 is 1.89 bits per heavy atom. The van der Waals surface area contributed by atoms with Gasteiger partial charge in [0.1, 0.15) is 0 Å². The molecule has 1 aromatic carbocycles. The zero-order valence-corrected chi connectivity index (χ0v) is 13.6. The molecular formula is C14H17Br2NO. The lowest BCUT2D eigenvalue weighted by Crippen LogP contribution is -2.36. The molecular weight excluding hydrogens is 358 g/mol. The van der Waals surface area contributed by atoms with Crippen molar-refractivity contribution in [2.24, 2.45) is 0 Å². The van der Waals surface area contributed by atoms with Crippen molar-refractivity contribution in [3.05, 3.63) is 32.2 Å². The summed E-state index contributed by atoms with van der Waals surface area (Å²) in [5.41, 5.74) is 1.80. The van der Waals surface area contributed by atoms with Gasteiger partial charge in [-0.25, -0.2) is 0 Å². The van der Waals surface area contributed by atoms with Crippen LogP contribution in [0.25, 0.3) is 0 Å². The van der Waals surface area contributed by atoms with Crippen LogP contribution >= 0.6 is 31.9 Å². The number of carbonyl (C=O) groups excluding carboxylic acids is 1. The highest BCUT2D eigenvalue weighted by Crippen LogP contribution is 2.28. The highest BCUT2D eigenvalue weighted by atomic mass is 79.9. The molecule has 2 rings (SSSR count). The van der Waals surface area contributed by atoms with Crippen LogP contribution in [0.4, 0.5) is 0 Å². The van der Waals surface area contributed by atoms with Crippen LogP contribution in [0, 0.1) is 6.92 Å². The summed E-state index contributed by atoms with van der Waals surface area (Å²) >= 11 is 6.94. The van der Waals surface area contributed by atoms with E-state index in [1.165, 1.54) is 19.3 Å². The predicted molar refractivity (Wildman–Crippen MR) is 80.9 cm³/mol. The molecule has 0 aliphatic heterocycles. The molecule has 18 heavy (non-hydrogen) atoms. The Balaban J connectivity index is 2.13. The van der Waals surface area contributed by atoms with Crippen LogP contribution in [0.2, 0.25) is 0 Å². The van der Waals surface area contributed by atoms with E-state index in [0.29, 0.717) is 11.6 Å². The molecule has 0 heterocycles. The van der Waals surface area contributed by atoms with Crippen LogP contribution in [-0.2, 0) is 0 Å². The summed E-state index contributed by atoms with van der Waals surface area (Å²) in [7, 11) is 0. The Bertz CT molecular complexity index is 453. The van der Waals surface area contributed by atoms with E-state index in [0.717, 1.165) is 27.4 Å². The first kappa shape index (κ1) is 14.1. The summed E-state index contributed by atoms with van der Waals surface area (Å²) in [6.45, 7) is 1.99. The molecule has 0 bridgehead atoms. The third-order valence-corrected chi connectivity index (χ3v) is 5.37. The summed E-state index contributed by atoms with van der Waals surface area (Å²) in [4.78, 5) is 12.3. The minimum absolute atomic E-state index is 0.0261. The molecule has 0 aromatic heterocycles. The monoisotopic (exact) mass is 373 g/mol. The summed E-state index contributed by atoms with van der Waals surface area (Å²) in [5.74, 6) is 0.0261. The van der Waals surface area contributed by atoms with Gasteiger partial charge in [0.15, 0.2) is 0 Å². The van der Waals surface area contributed by atoms with Crippen LogP contribution in [0.1, 0.15) is 48.0 Å². The highest BCUT2D eigenvalue weighted by molar-refractivity contribution is 9.13. The summed E-state index contributed by atoms with van der Waals surface area (Å²) < 4.78 is 1.76. The molecule has 1 N–H and O–H groups in total.